The van der Waals surface area contributed by atoms with Crippen LogP contribution in [0.25, 0.3) is 0 Å². The van der Waals surface area contributed by atoms with Gasteiger partial charge in [0.25, 0.3) is 0 Å². The van der Waals surface area contributed by atoms with E-state index in [4.69, 9.17) is 4.74 Å². The second kappa shape index (κ2) is 7.76. The number of benzene rings is 1. The molecule has 0 aliphatic heterocycles. The van der Waals surface area contributed by atoms with Gasteiger partial charge in [-0.2, -0.15) is 0 Å². The SMILES string of the molecule is CCOC(=O)c1ccc(NC(=O)[C@H]2CCCC[C@H]2C(=O)O)cc1. The molecule has 0 bridgehead atoms. The third-order valence-corrected chi connectivity index (χ3v) is 4.08. The summed E-state index contributed by atoms with van der Waals surface area (Å²) in [5, 5.41) is 12.0. The third-order valence-electron chi connectivity index (χ3n) is 4.08. The Labute approximate surface area is 134 Å². The highest BCUT2D eigenvalue weighted by Crippen LogP contribution is 2.31. The Morgan fingerprint density at radius 2 is 1.74 bits per heavy atom. The molecule has 0 radical (unpaired) electrons. The number of amides is 1. The Morgan fingerprint density at radius 1 is 1.13 bits per heavy atom. The number of hydrogen-bond acceptors (Lipinski definition) is 4. The number of esters is 1. The van der Waals surface area contributed by atoms with Crippen molar-refractivity contribution < 1.29 is 24.2 Å². The molecule has 0 unspecified atom stereocenters. The summed E-state index contributed by atoms with van der Waals surface area (Å²) >= 11 is 0. The van der Waals surface area contributed by atoms with Crippen molar-refractivity contribution in [2.45, 2.75) is 32.6 Å². The van der Waals surface area contributed by atoms with E-state index in [9.17, 15) is 19.5 Å². The molecular weight excluding hydrogens is 298 g/mol. The van der Waals surface area contributed by atoms with Crippen LogP contribution in [-0.2, 0) is 14.3 Å². The molecule has 1 fully saturated rings. The van der Waals surface area contributed by atoms with Gasteiger partial charge in [0.15, 0.2) is 0 Å². The average Bonchev–Trinajstić information content (AvgIpc) is 2.55. The van der Waals surface area contributed by atoms with E-state index in [0.717, 1.165) is 12.8 Å². The zero-order valence-corrected chi connectivity index (χ0v) is 13.1. The number of carboxylic acid groups (broad SMARTS) is 1. The molecule has 6 heteroatoms. The van der Waals surface area contributed by atoms with Gasteiger partial charge in [-0.15, -0.1) is 0 Å². The topological polar surface area (TPSA) is 92.7 Å². The minimum absolute atomic E-state index is 0.277. The van der Waals surface area contributed by atoms with Crippen molar-refractivity contribution in [1.29, 1.82) is 0 Å². The van der Waals surface area contributed by atoms with E-state index >= 15 is 0 Å². The quantitative estimate of drug-likeness (QED) is 0.814. The maximum Gasteiger partial charge on any atom is 0.338 e. The standard InChI is InChI=1S/C17H21NO5/c1-2-23-17(22)11-7-9-12(10-8-11)18-15(19)13-5-3-4-6-14(13)16(20)21/h7-10,13-14H,2-6H2,1H3,(H,18,19)(H,20,21)/t13-,14+/m0/s1. The zero-order valence-electron chi connectivity index (χ0n) is 13.1. The van der Waals surface area contributed by atoms with Gasteiger partial charge < -0.3 is 15.2 Å². The van der Waals surface area contributed by atoms with Crippen LogP contribution in [0, 0.1) is 11.8 Å². The number of nitrogens with one attached hydrogen (secondary N) is 1. The first-order valence-electron chi connectivity index (χ1n) is 7.83. The molecule has 2 N–H and O–H groups in total. The molecule has 1 saturated carbocycles. The second-order valence-electron chi connectivity index (χ2n) is 5.62. The minimum Gasteiger partial charge on any atom is -0.481 e. The molecule has 1 aliphatic rings. The Balaban J connectivity index is 2.02. The second-order valence-corrected chi connectivity index (χ2v) is 5.62. The Hall–Kier alpha value is -2.37. The van der Waals surface area contributed by atoms with Crippen molar-refractivity contribution in [3.8, 4) is 0 Å². The average molecular weight is 319 g/mol. The molecule has 1 aromatic rings. The number of carboxylic acids is 1. The Morgan fingerprint density at radius 3 is 2.30 bits per heavy atom. The smallest absolute Gasteiger partial charge is 0.338 e. The van der Waals surface area contributed by atoms with Crippen molar-refractivity contribution >= 4 is 23.5 Å². The molecule has 0 saturated heterocycles. The number of hydrogen-bond donors (Lipinski definition) is 2. The van der Waals surface area contributed by atoms with Crippen LogP contribution in [0.15, 0.2) is 24.3 Å². The van der Waals surface area contributed by atoms with Crippen LogP contribution in [-0.4, -0.2) is 29.6 Å². The molecule has 1 aliphatic carbocycles. The largest absolute Gasteiger partial charge is 0.481 e. The van der Waals surface area contributed by atoms with Gasteiger partial charge in [0.1, 0.15) is 0 Å². The lowest BCUT2D eigenvalue weighted by atomic mass is 9.78. The van der Waals surface area contributed by atoms with E-state index in [1.165, 1.54) is 0 Å². The predicted octanol–water partition coefficient (Wildman–Crippen LogP) is 2.69. The highest BCUT2D eigenvalue weighted by molar-refractivity contribution is 5.96. The molecule has 0 spiro atoms. The first kappa shape index (κ1) is 17.0. The van der Waals surface area contributed by atoms with E-state index in [2.05, 4.69) is 5.32 Å². The molecule has 23 heavy (non-hydrogen) atoms. The van der Waals surface area contributed by atoms with Crippen molar-refractivity contribution in [2.75, 3.05) is 11.9 Å². The lowest BCUT2D eigenvalue weighted by molar-refractivity contribution is -0.147. The summed E-state index contributed by atoms with van der Waals surface area (Å²) in [5.41, 5.74) is 0.948. The van der Waals surface area contributed by atoms with Gasteiger partial charge in [-0.25, -0.2) is 4.79 Å². The lowest BCUT2D eigenvalue weighted by Gasteiger charge is -2.27. The van der Waals surface area contributed by atoms with Gasteiger partial charge in [0.2, 0.25) is 5.91 Å². The van der Waals surface area contributed by atoms with E-state index in [1.807, 2.05) is 0 Å². The molecule has 1 amide bonds. The van der Waals surface area contributed by atoms with Gasteiger partial charge in [0.05, 0.1) is 24.0 Å². The van der Waals surface area contributed by atoms with Crippen LogP contribution in [0.2, 0.25) is 0 Å². The van der Waals surface area contributed by atoms with Gasteiger partial charge >= 0.3 is 11.9 Å². The molecule has 0 aromatic heterocycles. The van der Waals surface area contributed by atoms with Gasteiger partial charge in [-0.05, 0) is 44.0 Å². The summed E-state index contributed by atoms with van der Waals surface area (Å²) in [6.45, 7) is 2.03. The maximum atomic E-state index is 12.3. The number of aliphatic carboxylic acids is 1. The first-order valence-corrected chi connectivity index (χ1v) is 7.83. The van der Waals surface area contributed by atoms with Crippen LogP contribution in [0.3, 0.4) is 0 Å². The summed E-state index contributed by atoms with van der Waals surface area (Å²) in [6, 6.07) is 6.37. The van der Waals surface area contributed by atoms with Crippen LogP contribution >= 0.6 is 0 Å². The van der Waals surface area contributed by atoms with E-state index < -0.39 is 23.8 Å². The third kappa shape index (κ3) is 4.31. The van der Waals surface area contributed by atoms with Crippen LogP contribution in [0.5, 0.6) is 0 Å². The summed E-state index contributed by atoms with van der Waals surface area (Å²) in [5.74, 6) is -2.74. The monoisotopic (exact) mass is 319 g/mol. The Bertz CT molecular complexity index is 581. The van der Waals surface area contributed by atoms with Crippen LogP contribution in [0.4, 0.5) is 5.69 Å². The number of carbonyl (C=O) groups is 3. The summed E-state index contributed by atoms with van der Waals surface area (Å²) in [4.78, 5) is 35.2. The van der Waals surface area contributed by atoms with E-state index in [1.54, 1.807) is 31.2 Å². The number of carbonyl (C=O) groups excluding carboxylic acids is 2. The highest BCUT2D eigenvalue weighted by Gasteiger charge is 2.35. The minimum atomic E-state index is -0.914. The van der Waals surface area contributed by atoms with Gasteiger partial charge in [-0.1, -0.05) is 12.8 Å². The maximum absolute atomic E-state index is 12.3. The van der Waals surface area contributed by atoms with Crippen molar-refractivity contribution in [2.24, 2.45) is 11.8 Å². The molecule has 6 nitrogen and oxygen atoms in total. The number of anilines is 1. The zero-order chi connectivity index (χ0) is 16.8. The highest BCUT2D eigenvalue weighted by atomic mass is 16.5. The Kier molecular flexibility index (Phi) is 5.73. The molecular formula is C17H21NO5. The number of ether oxygens (including phenoxy) is 1. The molecule has 1 aromatic carbocycles. The van der Waals surface area contributed by atoms with Gasteiger partial charge in [-0.3, -0.25) is 9.59 Å². The van der Waals surface area contributed by atoms with Crippen LogP contribution < -0.4 is 5.32 Å². The fourth-order valence-electron chi connectivity index (χ4n) is 2.88. The number of rotatable bonds is 5. The first-order chi connectivity index (χ1) is 11.0. The summed E-state index contributed by atoms with van der Waals surface area (Å²) in [6.07, 6.45) is 2.83. The molecule has 0 heterocycles. The van der Waals surface area contributed by atoms with E-state index in [-0.39, 0.29) is 5.91 Å². The fourth-order valence-corrected chi connectivity index (χ4v) is 2.88. The van der Waals surface area contributed by atoms with Crippen LogP contribution in [0.1, 0.15) is 43.0 Å². The molecule has 2 atom stereocenters. The fraction of sp³-hybridized carbons (Fsp3) is 0.471. The predicted molar refractivity (Wildman–Crippen MR) is 84.1 cm³/mol. The van der Waals surface area contributed by atoms with Crippen molar-refractivity contribution in [1.82, 2.24) is 0 Å². The lowest BCUT2D eigenvalue weighted by Crippen LogP contribution is -2.36. The van der Waals surface area contributed by atoms with Crippen molar-refractivity contribution in [3.63, 3.8) is 0 Å². The van der Waals surface area contributed by atoms with Gasteiger partial charge in [0, 0.05) is 5.69 Å². The normalized spacial score (nSPS) is 20.6. The summed E-state index contributed by atoms with van der Waals surface area (Å²) < 4.78 is 4.89. The summed E-state index contributed by atoms with van der Waals surface area (Å²) in [7, 11) is 0. The molecule has 2 rings (SSSR count). The van der Waals surface area contributed by atoms with E-state index in [0.29, 0.717) is 30.7 Å². The molecule has 124 valence electrons. The van der Waals surface area contributed by atoms with Crippen molar-refractivity contribution in [3.05, 3.63) is 29.8 Å².